The molecule has 2 aromatic carbocycles. The van der Waals surface area contributed by atoms with Crippen molar-refractivity contribution in [2.45, 2.75) is 52.7 Å². The van der Waals surface area contributed by atoms with Gasteiger partial charge in [0.2, 0.25) is 5.82 Å². The highest BCUT2D eigenvalue weighted by Gasteiger charge is 2.28. The number of aromatic amines is 1. The Balaban J connectivity index is 1.58. The molecule has 0 spiro atoms. The molecule has 0 aliphatic carbocycles. The topological polar surface area (TPSA) is 146 Å². The van der Waals surface area contributed by atoms with Gasteiger partial charge in [-0.25, -0.2) is 9.97 Å². The molecule has 5 aromatic rings. The molecule has 1 atom stereocenters. The van der Waals surface area contributed by atoms with E-state index in [1.807, 2.05) is 66.9 Å². The zero-order valence-corrected chi connectivity index (χ0v) is 25.7. The van der Waals surface area contributed by atoms with Gasteiger partial charge in [-0.15, -0.1) is 10.2 Å². The molecular formula is C32H35ClN8O3. The Labute approximate surface area is 260 Å². The van der Waals surface area contributed by atoms with Gasteiger partial charge in [-0.1, -0.05) is 67.4 Å². The van der Waals surface area contributed by atoms with Crippen molar-refractivity contribution in [3.05, 3.63) is 94.3 Å². The fraction of sp³-hybridized carbons (Fsp3) is 0.312. The Bertz CT molecular complexity index is 1720. The van der Waals surface area contributed by atoms with E-state index in [2.05, 4.69) is 37.5 Å². The first-order valence-electron chi connectivity index (χ1n) is 14.7. The van der Waals surface area contributed by atoms with Gasteiger partial charge in [0.15, 0.2) is 5.15 Å². The van der Waals surface area contributed by atoms with Crippen LogP contribution in [0, 0.1) is 0 Å². The molecule has 5 rings (SSSR count). The summed E-state index contributed by atoms with van der Waals surface area (Å²) in [6.07, 6.45) is 0.979. The first-order chi connectivity index (χ1) is 21.4. The molecule has 228 valence electrons. The predicted octanol–water partition coefficient (Wildman–Crippen LogP) is 5.44. The minimum atomic E-state index is -1.45. The zero-order chi connectivity index (χ0) is 31.2. The number of nitrogens with one attached hydrogen (secondary N) is 1. The van der Waals surface area contributed by atoms with Crippen LogP contribution in [0.2, 0.25) is 5.15 Å². The second-order valence-corrected chi connectivity index (χ2v) is 10.7. The Morgan fingerprint density at radius 2 is 1.80 bits per heavy atom. The van der Waals surface area contributed by atoms with Crippen LogP contribution in [0.25, 0.3) is 22.5 Å². The summed E-state index contributed by atoms with van der Waals surface area (Å²) in [5.74, 6) is 0.594. The third kappa shape index (κ3) is 6.34. The van der Waals surface area contributed by atoms with Crippen molar-refractivity contribution >= 4 is 17.5 Å². The minimum absolute atomic E-state index is 0.0694. The standard InChI is InChI=1S/C32H35ClN8O3/c1-4-7-13-26-35-30(33)28(29(43)27-25(42)17-16-24(34-27)32(44)40(5-2)6-3)41(26)19-20-14-15-22(21-11-9-8-10-12-21)23(18-20)31-36-38-39-37-31/h8-12,14-18,29,42-43H,4-7,13,19H2,1-3H3,(H,36,37,38,39). The van der Waals surface area contributed by atoms with Gasteiger partial charge >= 0.3 is 0 Å². The Hall–Kier alpha value is -4.61. The van der Waals surface area contributed by atoms with Crippen LogP contribution < -0.4 is 0 Å². The predicted molar refractivity (Wildman–Crippen MR) is 167 cm³/mol. The summed E-state index contributed by atoms with van der Waals surface area (Å²) in [4.78, 5) is 23.7. The van der Waals surface area contributed by atoms with E-state index >= 15 is 0 Å². The number of H-pyrrole nitrogens is 1. The average molecular weight is 615 g/mol. The van der Waals surface area contributed by atoms with Crippen molar-refractivity contribution in [3.63, 3.8) is 0 Å². The van der Waals surface area contributed by atoms with Gasteiger partial charge in [0.05, 0.1) is 5.69 Å². The van der Waals surface area contributed by atoms with Crippen LogP contribution in [-0.2, 0) is 13.0 Å². The van der Waals surface area contributed by atoms with E-state index in [1.165, 1.54) is 12.1 Å². The second kappa shape index (κ2) is 13.8. The van der Waals surface area contributed by atoms with Crippen LogP contribution >= 0.6 is 11.6 Å². The lowest BCUT2D eigenvalue weighted by atomic mass is 9.97. The van der Waals surface area contributed by atoms with E-state index in [-0.39, 0.29) is 33.9 Å². The van der Waals surface area contributed by atoms with Gasteiger partial charge in [-0.3, -0.25) is 4.79 Å². The Morgan fingerprint density at radius 1 is 1.02 bits per heavy atom. The summed E-state index contributed by atoms with van der Waals surface area (Å²) >= 11 is 6.70. The molecule has 0 aliphatic rings. The largest absolute Gasteiger partial charge is 0.506 e. The molecule has 44 heavy (non-hydrogen) atoms. The van der Waals surface area contributed by atoms with Crippen molar-refractivity contribution in [1.29, 1.82) is 0 Å². The molecule has 0 aliphatic heterocycles. The van der Waals surface area contributed by atoms with Crippen LogP contribution in [0.5, 0.6) is 5.75 Å². The second-order valence-electron chi connectivity index (χ2n) is 10.4. The molecule has 1 amide bonds. The number of hydrogen-bond acceptors (Lipinski definition) is 8. The van der Waals surface area contributed by atoms with E-state index in [4.69, 9.17) is 11.6 Å². The highest BCUT2D eigenvalue weighted by Crippen LogP contribution is 2.35. The van der Waals surface area contributed by atoms with E-state index < -0.39 is 6.10 Å². The number of aliphatic hydroxyl groups excluding tert-OH is 1. The van der Waals surface area contributed by atoms with Crippen molar-refractivity contribution in [3.8, 4) is 28.3 Å². The zero-order valence-electron chi connectivity index (χ0n) is 24.9. The summed E-state index contributed by atoms with van der Waals surface area (Å²) in [5, 5.41) is 37.3. The number of aliphatic hydroxyl groups is 1. The maximum atomic E-state index is 13.0. The Morgan fingerprint density at radius 3 is 2.48 bits per heavy atom. The molecule has 3 heterocycles. The number of carbonyl (C=O) groups is 1. The lowest BCUT2D eigenvalue weighted by Crippen LogP contribution is -2.31. The number of aromatic nitrogens is 7. The number of rotatable bonds is 12. The number of imidazole rings is 1. The number of tetrazole rings is 1. The van der Waals surface area contributed by atoms with Crippen LogP contribution in [0.3, 0.4) is 0 Å². The van der Waals surface area contributed by atoms with Crippen LogP contribution in [0.1, 0.15) is 73.0 Å². The molecule has 1 unspecified atom stereocenters. The number of halogens is 1. The lowest BCUT2D eigenvalue weighted by Gasteiger charge is -2.20. The molecule has 3 N–H and O–H groups in total. The number of hydrogen-bond donors (Lipinski definition) is 3. The molecule has 0 saturated carbocycles. The number of nitrogens with zero attached hydrogens (tertiary/aromatic N) is 7. The number of pyridine rings is 1. The van der Waals surface area contributed by atoms with Crippen LogP contribution in [-0.4, -0.2) is 69.3 Å². The first kappa shape index (κ1) is 30.8. The van der Waals surface area contributed by atoms with Gasteiger partial charge in [0, 0.05) is 31.6 Å². The number of carbonyl (C=O) groups excluding carboxylic acids is 1. The summed E-state index contributed by atoms with van der Waals surface area (Å²) in [6.45, 7) is 7.16. The molecule has 11 nitrogen and oxygen atoms in total. The van der Waals surface area contributed by atoms with Gasteiger partial charge in [0.25, 0.3) is 5.91 Å². The van der Waals surface area contributed by atoms with Crippen LogP contribution in [0.4, 0.5) is 0 Å². The minimum Gasteiger partial charge on any atom is -0.506 e. The van der Waals surface area contributed by atoms with E-state index in [0.29, 0.717) is 37.7 Å². The molecule has 0 fully saturated rings. The average Bonchev–Trinajstić information content (AvgIpc) is 3.69. The van der Waals surface area contributed by atoms with Gasteiger partial charge < -0.3 is 19.7 Å². The Kier molecular flexibility index (Phi) is 9.66. The van der Waals surface area contributed by atoms with E-state index in [0.717, 1.165) is 35.1 Å². The van der Waals surface area contributed by atoms with Crippen LogP contribution in [0.15, 0.2) is 60.7 Å². The van der Waals surface area contributed by atoms with Crippen molar-refractivity contribution in [1.82, 2.24) is 40.1 Å². The third-order valence-corrected chi connectivity index (χ3v) is 7.86. The molecule has 0 saturated heterocycles. The van der Waals surface area contributed by atoms with Gasteiger partial charge in [0.1, 0.15) is 29.1 Å². The summed E-state index contributed by atoms with van der Waals surface area (Å²) in [5.41, 5.74) is 3.94. The number of aryl methyl sites for hydroxylation is 1. The molecule has 3 aromatic heterocycles. The van der Waals surface area contributed by atoms with E-state index in [9.17, 15) is 15.0 Å². The van der Waals surface area contributed by atoms with Crippen molar-refractivity contribution < 1.29 is 15.0 Å². The molecule has 0 radical (unpaired) electrons. The van der Waals surface area contributed by atoms with Crippen molar-refractivity contribution in [2.75, 3.05) is 13.1 Å². The maximum Gasteiger partial charge on any atom is 0.272 e. The number of amides is 1. The summed E-state index contributed by atoms with van der Waals surface area (Å²) in [6, 6.07) is 18.7. The van der Waals surface area contributed by atoms with E-state index in [1.54, 1.807) is 4.90 Å². The number of unbranched alkanes of at least 4 members (excludes halogenated alkanes) is 1. The summed E-state index contributed by atoms with van der Waals surface area (Å²) in [7, 11) is 0. The third-order valence-electron chi connectivity index (χ3n) is 7.58. The SMILES string of the molecule is CCCCc1nc(Cl)c(C(O)c2nc(C(=O)N(CC)CC)ccc2O)n1Cc1ccc(-c2ccccc2)c(-c2nn[nH]n2)c1. The normalized spacial score (nSPS) is 11.9. The fourth-order valence-corrected chi connectivity index (χ4v) is 5.54. The highest BCUT2D eigenvalue weighted by atomic mass is 35.5. The maximum absolute atomic E-state index is 13.0. The van der Waals surface area contributed by atoms with Crippen molar-refractivity contribution in [2.24, 2.45) is 0 Å². The molecular weight excluding hydrogens is 580 g/mol. The fourth-order valence-electron chi connectivity index (χ4n) is 5.24. The monoisotopic (exact) mass is 614 g/mol. The van der Waals surface area contributed by atoms with Gasteiger partial charge in [-0.2, -0.15) is 5.21 Å². The number of benzene rings is 2. The first-order valence-corrected chi connectivity index (χ1v) is 15.1. The molecule has 12 heteroatoms. The van der Waals surface area contributed by atoms with Gasteiger partial charge in [-0.05, 0) is 60.4 Å². The quantitative estimate of drug-likeness (QED) is 0.168. The lowest BCUT2D eigenvalue weighted by molar-refractivity contribution is 0.0766. The highest BCUT2D eigenvalue weighted by molar-refractivity contribution is 6.30. The summed E-state index contributed by atoms with van der Waals surface area (Å²) < 4.78 is 1.86. The smallest absolute Gasteiger partial charge is 0.272 e. The molecule has 0 bridgehead atoms. The number of aromatic hydroxyl groups is 1.